The summed E-state index contributed by atoms with van der Waals surface area (Å²) < 4.78 is 6.57. The van der Waals surface area contributed by atoms with Crippen molar-refractivity contribution in [3.63, 3.8) is 0 Å². The van der Waals surface area contributed by atoms with E-state index in [2.05, 4.69) is 15.4 Å². The monoisotopic (exact) mass is 362 g/mol. The van der Waals surface area contributed by atoms with Gasteiger partial charge in [0.15, 0.2) is 5.13 Å². The number of hydrogen-bond donors (Lipinski definition) is 1. The lowest BCUT2D eigenvalue weighted by molar-refractivity contribution is -0.117. The molecule has 1 aliphatic carbocycles. The van der Waals surface area contributed by atoms with Gasteiger partial charge in [-0.3, -0.25) is 9.48 Å². The van der Waals surface area contributed by atoms with Gasteiger partial charge in [-0.2, -0.15) is 5.10 Å². The Balaban J connectivity index is 1.74. The molecule has 2 aromatic heterocycles. The number of thiazole rings is 1. The third-order valence-corrected chi connectivity index (χ3v) is 5.17. The third-order valence-electron chi connectivity index (χ3n) is 4.22. The molecule has 1 fully saturated rings. The molecule has 2 atom stereocenters. The number of carbonyl (C=O) groups is 2. The van der Waals surface area contributed by atoms with Crippen LogP contribution in [0.5, 0.6) is 0 Å². The smallest absolute Gasteiger partial charge is 0.350 e. The number of nitrogens with one attached hydrogen (secondary N) is 1. The highest BCUT2D eigenvalue weighted by Crippen LogP contribution is 2.48. The van der Waals surface area contributed by atoms with E-state index in [4.69, 9.17) is 4.74 Å². The number of aromatic nitrogens is 3. The maximum absolute atomic E-state index is 12.5. The lowest BCUT2D eigenvalue weighted by atomic mass is 9.91. The summed E-state index contributed by atoms with van der Waals surface area (Å²) in [6, 6.07) is 0. The molecule has 1 N–H and O–H groups in total. The van der Waals surface area contributed by atoms with Crippen LogP contribution in [0.25, 0.3) is 0 Å². The fourth-order valence-corrected chi connectivity index (χ4v) is 3.89. The predicted molar refractivity (Wildman–Crippen MR) is 94.8 cm³/mol. The molecule has 0 aliphatic heterocycles. The molecule has 25 heavy (non-hydrogen) atoms. The highest BCUT2D eigenvalue weighted by molar-refractivity contribution is 7.17. The van der Waals surface area contributed by atoms with E-state index in [1.165, 1.54) is 7.11 Å². The van der Waals surface area contributed by atoms with Crippen LogP contribution in [0.4, 0.5) is 5.13 Å². The number of anilines is 1. The SMILES string of the molecule is COC(=O)c1sc(NC(=O)[C@H]2C[C@@H]2c2cnn(C)c2)nc1C(C)(C)C. The van der Waals surface area contributed by atoms with E-state index in [9.17, 15) is 9.59 Å². The van der Waals surface area contributed by atoms with Crippen molar-refractivity contribution in [2.24, 2.45) is 13.0 Å². The molecule has 1 aliphatic rings. The van der Waals surface area contributed by atoms with Crippen molar-refractivity contribution >= 4 is 28.3 Å². The molecule has 0 spiro atoms. The van der Waals surface area contributed by atoms with Gasteiger partial charge >= 0.3 is 5.97 Å². The maximum atomic E-state index is 12.5. The maximum Gasteiger partial charge on any atom is 0.350 e. The average molecular weight is 362 g/mol. The Hall–Kier alpha value is -2.22. The van der Waals surface area contributed by atoms with Gasteiger partial charge in [-0.15, -0.1) is 0 Å². The van der Waals surface area contributed by atoms with E-state index in [1.54, 1.807) is 10.9 Å². The van der Waals surface area contributed by atoms with E-state index in [1.807, 2.05) is 34.0 Å². The molecule has 1 amide bonds. The first-order valence-corrected chi connectivity index (χ1v) is 8.91. The van der Waals surface area contributed by atoms with Crippen LogP contribution in [-0.4, -0.2) is 33.8 Å². The zero-order chi connectivity index (χ0) is 18.4. The van der Waals surface area contributed by atoms with Crippen molar-refractivity contribution in [2.75, 3.05) is 12.4 Å². The highest BCUT2D eigenvalue weighted by atomic mass is 32.1. The Morgan fingerprint density at radius 1 is 1.40 bits per heavy atom. The number of methoxy groups -OCH3 is 1. The highest BCUT2D eigenvalue weighted by Gasteiger charge is 2.45. The average Bonchev–Trinajstić information content (AvgIpc) is 3.03. The van der Waals surface area contributed by atoms with Crippen LogP contribution in [0.1, 0.15) is 54.0 Å². The number of nitrogens with zero attached hydrogens (tertiary/aromatic N) is 3. The molecule has 134 valence electrons. The van der Waals surface area contributed by atoms with Crippen LogP contribution < -0.4 is 5.32 Å². The van der Waals surface area contributed by atoms with Crippen molar-refractivity contribution in [1.82, 2.24) is 14.8 Å². The Morgan fingerprint density at radius 2 is 2.12 bits per heavy atom. The number of amides is 1. The molecule has 2 heterocycles. The van der Waals surface area contributed by atoms with Gasteiger partial charge in [0.1, 0.15) is 4.88 Å². The van der Waals surface area contributed by atoms with Crippen molar-refractivity contribution in [3.8, 4) is 0 Å². The molecular formula is C17H22N4O3S. The Kier molecular flexibility index (Phi) is 4.40. The lowest BCUT2D eigenvalue weighted by Gasteiger charge is -2.16. The molecule has 0 bridgehead atoms. The molecule has 3 rings (SSSR count). The van der Waals surface area contributed by atoms with Gasteiger partial charge in [0, 0.05) is 24.6 Å². The summed E-state index contributed by atoms with van der Waals surface area (Å²) in [6.45, 7) is 5.91. The van der Waals surface area contributed by atoms with Gasteiger partial charge in [-0.25, -0.2) is 9.78 Å². The van der Waals surface area contributed by atoms with Crippen molar-refractivity contribution in [1.29, 1.82) is 0 Å². The second-order valence-corrected chi connectivity index (χ2v) is 8.32. The van der Waals surface area contributed by atoms with Crippen LogP contribution in [0.15, 0.2) is 12.4 Å². The zero-order valence-electron chi connectivity index (χ0n) is 15.0. The van der Waals surface area contributed by atoms with E-state index < -0.39 is 5.97 Å². The molecule has 0 aromatic carbocycles. The predicted octanol–water partition coefficient (Wildman–Crippen LogP) is 2.70. The van der Waals surface area contributed by atoms with E-state index in [0.29, 0.717) is 15.7 Å². The van der Waals surface area contributed by atoms with Gasteiger partial charge in [0.25, 0.3) is 0 Å². The van der Waals surface area contributed by atoms with Gasteiger partial charge in [0.2, 0.25) is 5.91 Å². The Morgan fingerprint density at radius 3 is 2.68 bits per heavy atom. The fraction of sp³-hybridized carbons (Fsp3) is 0.529. The molecule has 0 unspecified atom stereocenters. The summed E-state index contributed by atoms with van der Waals surface area (Å²) in [7, 11) is 3.20. The molecule has 1 saturated carbocycles. The standard InChI is InChI=1S/C17H22N4O3S/c1-17(2,3)13-12(15(23)24-5)25-16(19-13)20-14(22)11-6-10(11)9-7-18-21(4)8-9/h7-8,10-11H,6H2,1-5H3,(H,19,20,22)/t10-,11+/m1/s1. The van der Waals surface area contributed by atoms with Gasteiger partial charge < -0.3 is 10.1 Å². The van der Waals surface area contributed by atoms with Crippen LogP contribution in [0.3, 0.4) is 0 Å². The number of carbonyl (C=O) groups excluding carboxylic acids is 2. The topological polar surface area (TPSA) is 86.1 Å². The van der Waals surface area contributed by atoms with Crippen molar-refractivity contribution < 1.29 is 14.3 Å². The van der Waals surface area contributed by atoms with Gasteiger partial charge in [0.05, 0.1) is 19.0 Å². The Labute approximate surface area is 150 Å². The summed E-state index contributed by atoms with van der Waals surface area (Å²) in [5.41, 5.74) is 1.40. The number of esters is 1. The minimum atomic E-state index is -0.428. The first-order valence-electron chi connectivity index (χ1n) is 8.09. The second-order valence-electron chi connectivity index (χ2n) is 7.32. The summed E-state index contributed by atoms with van der Waals surface area (Å²) in [6.07, 6.45) is 4.54. The Bertz CT molecular complexity index is 818. The largest absolute Gasteiger partial charge is 0.465 e. The van der Waals surface area contributed by atoms with Gasteiger partial charge in [-0.1, -0.05) is 32.1 Å². The van der Waals surface area contributed by atoms with E-state index >= 15 is 0 Å². The van der Waals surface area contributed by atoms with Gasteiger partial charge in [-0.05, 0) is 17.9 Å². The summed E-state index contributed by atoms with van der Waals surface area (Å²) in [5, 5.41) is 7.44. The zero-order valence-corrected chi connectivity index (χ0v) is 15.8. The second kappa shape index (κ2) is 6.25. The van der Waals surface area contributed by atoms with Crippen LogP contribution in [0.2, 0.25) is 0 Å². The first kappa shape index (κ1) is 17.6. The summed E-state index contributed by atoms with van der Waals surface area (Å²) in [5.74, 6) is -0.370. The van der Waals surface area contributed by atoms with E-state index in [0.717, 1.165) is 23.3 Å². The van der Waals surface area contributed by atoms with Crippen LogP contribution in [0, 0.1) is 5.92 Å². The van der Waals surface area contributed by atoms with Crippen LogP contribution >= 0.6 is 11.3 Å². The first-order chi connectivity index (χ1) is 11.7. The number of rotatable bonds is 4. The van der Waals surface area contributed by atoms with Crippen LogP contribution in [-0.2, 0) is 22.0 Å². The molecule has 2 aromatic rings. The molecule has 8 heteroatoms. The minimum absolute atomic E-state index is 0.0699. The molecule has 0 saturated heterocycles. The quantitative estimate of drug-likeness (QED) is 0.845. The summed E-state index contributed by atoms with van der Waals surface area (Å²) >= 11 is 1.16. The lowest BCUT2D eigenvalue weighted by Crippen LogP contribution is -2.17. The number of hydrogen-bond acceptors (Lipinski definition) is 6. The summed E-state index contributed by atoms with van der Waals surface area (Å²) in [4.78, 5) is 29.4. The normalized spacial score (nSPS) is 19.6. The third kappa shape index (κ3) is 3.58. The fourth-order valence-electron chi connectivity index (χ4n) is 2.80. The van der Waals surface area contributed by atoms with Crippen molar-refractivity contribution in [3.05, 3.63) is 28.5 Å². The molecule has 0 radical (unpaired) electrons. The molecular weight excluding hydrogens is 340 g/mol. The molecule has 7 nitrogen and oxygen atoms in total. The van der Waals surface area contributed by atoms with Crippen molar-refractivity contribution in [2.45, 2.75) is 38.5 Å². The number of ether oxygens (including phenoxy) is 1. The number of aryl methyl sites for hydroxylation is 1. The van der Waals surface area contributed by atoms with E-state index in [-0.39, 0.29) is 23.2 Å². The minimum Gasteiger partial charge on any atom is -0.465 e.